The molecule has 0 unspecified atom stereocenters. The zero-order valence-electron chi connectivity index (χ0n) is 10.4. The van der Waals surface area contributed by atoms with Gasteiger partial charge in [-0.15, -0.1) is 0 Å². The SMILES string of the molecule is COC(=O)Cn1c(C)cc(=O)c2cc(F)cc(F)c21. The van der Waals surface area contributed by atoms with Crippen molar-refractivity contribution in [1.82, 2.24) is 4.57 Å². The van der Waals surface area contributed by atoms with Crippen LogP contribution in [-0.2, 0) is 16.1 Å². The Hall–Kier alpha value is -2.24. The Balaban J connectivity index is 2.83. The van der Waals surface area contributed by atoms with Gasteiger partial charge in [0.15, 0.2) is 11.2 Å². The van der Waals surface area contributed by atoms with Crippen molar-refractivity contribution < 1.29 is 18.3 Å². The van der Waals surface area contributed by atoms with Crippen LogP contribution < -0.4 is 5.43 Å². The van der Waals surface area contributed by atoms with Crippen molar-refractivity contribution in [2.75, 3.05) is 7.11 Å². The number of esters is 1. The third-order valence-electron chi connectivity index (χ3n) is 2.84. The lowest BCUT2D eigenvalue weighted by atomic mass is 10.1. The number of fused-ring (bicyclic) bond motifs is 1. The molecule has 1 aromatic heterocycles. The largest absolute Gasteiger partial charge is 0.468 e. The molecule has 0 bridgehead atoms. The zero-order valence-corrected chi connectivity index (χ0v) is 10.4. The van der Waals surface area contributed by atoms with Gasteiger partial charge in [-0.2, -0.15) is 0 Å². The highest BCUT2D eigenvalue weighted by Crippen LogP contribution is 2.18. The lowest BCUT2D eigenvalue weighted by Gasteiger charge is -2.13. The zero-order chi connectivity index (χ0) is 14.2. The molecule has 4 nitrogen and oxygen atoms in total. The van der Waals surface area contributed by atoms with Gasteiger partial charge in [-0.25, -0.2) is 8.78 Å². The lowest BCUT2D eigenvalue weighted by molar-refractivity contribution is -0.141. The highest BCUT2D eigenvalue weighted by molar-refractivity contribution is 5.82. The molecule has 0 radical (unpaired) electrons. The topological polar surface area (TPSA) is 48.3 Å². The first-order valence-electron chi connectivity index (χ1n) is 5.50. The van der Waals surface area contributed by atoms with Crippen LogP contribution in [0.5, 0.6) is 0 Å². The number of nitrogens with zero attached hydrogens (tertiary/aromatic N) is 1. The van der Waals surface area contributed by atoms with E-state index in [0.29, 0.717) is 11.8 Å². The third kappa shape index (κ3) is 2.33. The van der Waals surface area contributed by atoms with Crippen LogP contribution in [-0.4, -0.2) is 17.6 Å². The molecule has 0 N–H and O–H groups in total. The van der Waals surface area contributed by atoms with Crippen LogP contribution >= 0.6 is 0 Å². The van der Waals surface area contributed by atoms with Gasteiger partial charge >= 0.3 is 5.97 Å². The predicted octanol–water partition coefficient (Wildman–Crippen LogP) is 1.76. The molecule has 6 heteroatoms. The molecule has 0 aliphatic rings. The van der Waals surface area contributed by atoms with Gasteiger partial charge in [0.25, 0.3) is 0 Å². The summed E-state index contributed by atoms with van der Waals surface area (Å²) in [6.45, 7) is 1.31. The van der Waals surface area contributed by atoms with Gasteiger partial charge in [-0.05, 0) is 13.0 Å². The van der Waals surface area contributed by atoms with Crippen molar-refractivity contribution in [1.29, 1.82) is 0 Å². The maximum atomic E-state index is 13.9. The molecule has 0 spiro atoms. The molecule has 2 rings (SSSR count). The van der Waals surface area contributed by atoms with E-state index in [9.17, 15) is 18.4 Å². The summed E-state index contributed by atoms with van der Waals surface area (Å²) in [4.78, 5) is 23.1. The minimum atomic E-state index is -0.889. The number of carbonyl (C=O) groups excluding carboxylic acids is 1. The molecule has 1 aromatic carbocycles. The Labute approximate surface area is 107 Å². The minimum absolute atomic E-state index is 0.100. The summed E-state index contributed by atoms with van der Waals surface area (Å²) in [6, 6.07) is 2.85. The number of hydrogen-bond acceptors (Lipinski definition) is 3. The van der Waals surface area contributed by atoms with Crippen molar-refractivity contribution in [3.8, 4) is 0 Å². The number of aromatic nitrogens is 1. The van der Waals surface area contributed by atoms with Crippen LogP contribution in [0.2, 0.25) is 0 Å². The van der Waals surface area contributed by atoms with Crippen molar-refractivity contribution in [2.45, 2.75) is 13.5 Å². The quantitative estimate of drug-likeness (QED) is 0.779. The van der Waals surface area contributed by atoms with Gasteiger partial charge in [0.2, 0.25) is 0 Å². The monoisotopic (exact) mass is 267 g/mol. The summed E-state index contributed by atoms with van der Waals surface area (Å²) >= 11 is 0. The number of benzene rings is 1. The average molecular weight is 267 g/mol. The average Bonchev–Trinajstić information content (AvgIpc) is 2.34. The summed E-state index contributed by atoms with van der Waals surface area (Å²) < 4.78 is 32.8. The number of hydrogen-bond donors (Lipinski definition) is 0. The maximum absolute atomic E-state index is 13.9. The lowest BCUT2D eigenvalue weighted by Crippen LogP contribution is -2.19. The number of ether oxygens (including phenoxy) is 1. The van der Waals surface area contributed by atoms with E-state index < -0.39 is 23.0 Å². The summed E-state index contributed by atoms with van der Waals surface area (Å²) in [6.07, 6.45) is 0. The Kier molecular flexibility index (Phi) is 3.33. The van der Waals surface area contributed by atoms with Crippen LogP contribution in [0.3, 0.4) is 0 Å². The molecule has 0 saturated carbocycles. The summed E-state index contributed by atoms with van der Waals surface area (Å²) in [5.41, 5.74) is -0.197. The van der Waals surface area contributed by atoms with Crippen LogP contribution in [0, 0.1) is 18.6 Å². The number of aryl methyl sites for hydroxylation is 1. The first kappa shape index (κ1) is 13.2. The smallest absolute Gasteiger partial charge is 0.325 e. The van der Waals surface area contributed by atoms with Gasteiger partial charge in [-0.1, -0.05) is 0 Å². The number of rotatable bonds is 2. The van der Waals surface area contributed by atoms with Crippen molar-refractivity contribution in [3.63, 3.8) is 0 Å². The number of halogens is 2. The normalized spacial score (nSPS) is 10.7. The highest BCUT2D eigenvalue weighted by Gasteiger charge is 2.15. The Morgan fingerprint density at radius 3 is 2.63 bits per heavy atom. The van der Waals surface area contributed by atoms with Gasteiger partial charge in [-0.3, -0.25) is 9.59 Å². The van der Waals surface area contributed by atoms with Gasteiger partial charge in [0.1, 0.15) is 12.4 Å². The molecule has 0 saturated heterocycles. The molecule has 0 fully saturated rings. The predicted molar refractivity (Wildman–Crippen MR) is 64.9 cm³/mol. The first-order valence-corrected chi connectivity index (χ1v) is 5.50. The Bertz CT molecular complexity index is 722. The molecule has 0 aliphatic carbocycles. The van der Waals surface area contributed by atoms with Crippen LogP contribution in [0.15, 0.2) is 23.0 Å². The van der Waals surface area contributed by atoms with E-state index in [1.165, 1.54) is 17.7 Å². The van der Waals surface area contributed by atoms with Crippen LogP contribution in [0.4, 0.5) is 8.78 Å². The van der Waals surface area contributed by atoms with Gasteiger partial charge < -0.3 is 9.30 Å². The molecule has 1 heterocycles. The number of methoxy groups -OCH3 is 1. The summed E-state index contributed by atoms with van der Waals surface area (Å²) in [7, 11) is 1.21. The van der Waals surface area contributed by atoms with E-state index >= 15 is 0 Å². The molecule has 100 valence electrons. The molecule has 19 heavy (non-hydrogen) atoms. The highest BCUT2D eigenvalue weighted by atomic mass is 19.1. The fourth-order valence-corrected chi connectivity index (χ4v) is 1.95. The van der Waals surface area contributed by atoms with E-state index in [-0.39, 0.29) is 17.4 Å². The standard InChI is InChI=1S/C13H11F2NO3/c1-7-3-11(17)9-4-8(14)5-10(15)13(9)16(7)6-12(18)19-2/h3-5H,6H2,1-2H3. The van der Waals surface area contributed by atoms with Crippen LogP contribution in [0.25, 0.3) is 10.9 Å². The van der Waals surface area contributed by atoms with E-state index in [2.05, 4.69) is 4.74 Å². The van der Waals surface area contributed by atoms with Crippen LogP contribution in [0.1, 0.15) is 5.69 Å². The molecular weight excluding hydrogens is 256 g/mol. The maximum Gasteiger partial charge on any atom is 0.325 e. The van der Waals surface area contributed by atoms with Gasteiger partial charge in [0.05, 0.1) is 18.0 Å². The summed E-state index contributed by atoms with van der Waals surface area (Å²) in [5.74, 6) is -2.31. The Morgan fingerprint density at radius 1 is 1.32 bits per heavy atom. The molecule has 2 aromatic rings. The fraction of sp³-hybridized carbons (Fsp3) is 0.231. The van der Waals surface area contributed by atoms with E-state index in [1.54, 1.807) is 6.92 Å². The Morgan fingerprint density at radius 2 is 2.00 bits per heavy atom. The van der Waals surface area contributed by atoms with E-state index in [4.69, 9.17) is 0 Å². The molecule has 0 atom stereocenters. The first-order chi connectivity index (χ1) is 8.93. The second kappa shape index (κ2) is 4.79. The fourth-order valence-electron chi connectivity index (χ4n) is 1.95. The van der Waals surface area contributed by atoms with Crippen molar-refractivity contribution in [2.24, 2.45) is 0 Å². The number of carbonyl (C=O) groups is 1. The second-order valence-corrected chi connectivity index (χ2v) is 4.10. The molecule has 0 amide bonds. The van der Waals surface area contributed by atoms with E-state index in [0.717, 1.165) is 6.07 Å². The van der Waals surface area contributed by atoms with Crippen molar-refractivity contribution in [3.05, 3.63) is 45.8 Å². The molecular formula is C13H11F2NO3. The van der Waals surface area contributed by atoms with Gasteiger partial charge in [0, 0.05) is 17.8 Å². The summed E-state index contributed by atoms with van der Waals surface area (Å²) in [5, 5.41) is -0.105. The number of pyridine rings is 1. The molecule has 0 aliphatic heterocycles. The third-order valence-corrected chi connectivity index (χ3v) is 2.84. The minimum Gasteiger partial charge on any atom is -0.468 e. The van der Waals surface area contributed by atoms with Crippen molar-refractivity contribution >= 4 is 16.9 Å². The van der Waals surface area contributed by atoms with E-state index in [1.807, 2.05) is 0 Å². The second-order valence-electron chi connectivity index (χ2n) is 4.10.